The molecule has 7 heteroatoms. The zero-order valence-electron chi connectivity index (χ0n) is 14.9. The van der Waals surface area contributed by atoms with Crippen LogP contribution in [-0.2, 0) is 10.3 Å². The molecule has 3 aromatic rings. The van der Waals surface area contributed by atoms with Gasteiger partial charge in [0.15, 0.2) is 11.9 Å². The number of amidine groups is 1. The highest BCUT2D eigenvalue weighted by atomic mass is 16.5. The molecule has 0 amide bonds. The van der Waals surface area contributed by atoms with Crippen LogP contribution in [0, 0.1) is 0 Å². The lowest BCUT2D eigenvalue weighted by Crippen LogP contribution is -2.30. The number of nitrogens with zero attached hydrogens (tertiary/aromatic N) is 5. The van der Waals surface area contributed by atoms with Crippen molar-refractivity contribution in [3.05, 3.63) is 66.0 Å². The highest BCUT2D eigenvalue weighted by molar-refractivity contribution is 5.92. The Morgan fingerprint density at radius 2 is 1.73 bits per heavy atom. The molecule has 0 radical (unpaired) electrons. The van der Waals surface area contributed by atoms with E-state index in [-0.39, 0.29) is 5.54 Å². The van der Waals surface area contributed by atoms with Crippen LogP contribution >= 0.6 is 0 Å². The average Bonchev–Trinajstić information content (AvgIpc) is 3.12. The number of rotatable bonds is 2. The number of fused-ring (bicyclic) bond motifs is 1. The number of para-hydroxylation sites is 2. The summed E-state index contributed by atoms with van der Waals surface area (Å²) in [5.41, 5.74) is 2.41. The van der Waals surface area contributed by atoms with Crippen LogP contribution < -0.4 is 5.32 Å². The molecule has 0 spiro atoms. The van der Waals surface area contributed by atoms with Crippen molar-refractivity contribution >= 4 is 17.4 Å². The van der Waals surface area contributed by atoms with Crippen molar-refractivity contribution in [1.29, 1.82) is 0 Å². The van der Waals surface area contributed by atoms with E-state index in [9.17, 15) is 0 Å². The number of aromatic nitrogens is 4. The molecule has 0 saturated heterocycles. The van der Waals surface area contributed by atoms with E-state index in [0.29, 0.717) is 11.8 Å². The predicted molar refractivity (Wildman–Crippen MR) is 99.3 cm³/mol. The van der Waals surface area contributed by atoms with Crippen LogP contribution in [0.2, 0.25) is 0 Å². The fraction of sp³-hybridized carbons (Fsp3) is 0.263. The fourth-order valence-corrected chi connectivity index (χ4v) is 2.85. The molecule has 132 valence electrons. The molecule has 1 unspecified atom stereocenters. The monoisotopic (exact) mass is 348 g/mol. The van der Waals surface area contributed by atoms with Crippen LogP contribution in [0.3, 0.4) is 0 Å². The third-order valence-corrected chi connectivity index (χ3v) is 4.06. The smallest absolute Gasteiger partial charge is 0.295 e. The first-order valence-electron chi connectivity index (χ1n) is 8.47. The van der Waals surface area contributed by atoms with Gasteiger partial charge in [-0.15, -0.1) is 5.10 Å². The minimum atomic E-state index is -0.441. The summed E-state index contributed by atoms with van der Waals surface area (Å²) in [7, 11) is 0. The molecule has 0 saturated carbocycles. The number of ether oxygens (including phenoxy) is 1. The van der Waals surface area contributed by atoms with E-state index >= 15 is 0 Å². The van der Waals surface area contributed by atoms with Gasteiger partial charge < -0.3 is 10.1 Å². The summed E-state index contributed by atoms with van der Waals surface area (Å²) in [4.78, 5) is 4.60. The summed E-state index contributed by atoms with van der Waals surface area (Å²) >= 11 is 0. The molecule has 7 nitrogen and oxygen atoms in total. The minimum absolute atomic E-state index is 0.265. The van der Waals surface area contributed by atoms with Gasteiger partial charge in [-0.3, -0.25) is 0 Å². The molecule has 0 bridgehead atoms. The zero-order valence-corrected chi connectivity index (χ0v) is 14.9. The molecular weight excluding hydrogens is 328 g/mol. The topological polar surface area (TPSA) is 77.2 Å². The summed E-state index contributed by atoms with van der Waals surface area (Å²) in [6, 6.07) is 18.1. The average molecular weight is 348 g/mol. The Kier molecular flexibility index (Phi) is 3.91. The van der Waals surface area contributed by atoms with Gasteiger partial charge in [0, 0.05) is 11.3 Å². The second kappa shape index (κ2) is 6.25. The Morgan fingerprint density at radius 1 is 1.00 bits per heavy atom. The Balaban J connectivity index is 1.75. The van der Waals surface area contributed by atoms with Crippen molar-refractivity contribution in [1.82, 2.24) is 20.2 Å². The summed E-state index contributed by atoms with van der Waals surface area (Å²) in [6.45, 7) is 6.16. The van der Waals surface area contributed by atoms with Crippen LogP contribution in [0.15, 0.2) is 59.6 Å². The van der Waals surface area contributed by atoms with Gasteiger partial charge in [0.1, 0.15) is 0 Å². The maximum absolute atomic E-state index is 6.17. The predicted octanol–water partition coefficient (Wildman–Crippen LogP) is 3.65. The number of tetrazole rings is 1. The fourth-order valence-electron chi connectivity index (χ4n) is 2.85. The Labute approximate surface area is 151 Å². The van der Waals surface area contributed by atoms with Crippen LogP contribution in [0.5, 0.6) is 0 Å². The molecule has 2 aromatic carbocycles. The summed E-state index contributed by atoms with van der Waals surface area (Å²) in [6.07, 6.45) is -0.441. The number of benzene rings is 2. The first-order valence-corrected chi connectivity index (χ1v) is 8.47. The van der Waals surface area contributed by atoms with Crippen molar-refractivity contribution in [2.45, 2.75) is 32.4 Å². The quantitative estimate of drug-likeness (QED) is 0.765. The van der Waals surface area contributed by atoms with Crippen LogP contribution in [0.4, 0.5) is 11.4 Å². The molecule has 4 rings (SSSR count). The third-order valence-electron chi connectivity index (χ3n) is 4.06. The standard InChI is InChI=1S/C19H20N6O/c1-19(2,3)25-17(22-23-24-25)16-14-11-7-8-12-15(14)21-18(26-16)20-13-9-5-4-6-10-13/h4-12,16H,1-3H3,(H,20,21). The highest BCUT2D eigenvalue weighted by Gasteiger charge is 2.33. The number of aliphatic imine (C=N–C) groups is 1. The van der Waals surface area contributed by atoms with Gasteiger partial charge in [0.05, 0.1) is 11.2 Å². The van der Waals surface area contributed by atoms with Gasteiger partial charge in [-0.1, -0.05) is 36.4 Å². The number of nitrogens with one attached hydrogen (secondary N) is 1. The van der Waals surface area contributed by atoms with Crippen molar-refractivity contribution in [2.75, 3.05) is 5.32 Å². The van der Waals surface area contributed by atoms with E-state index in [4.69, 9.17) is 4.74 Å². The Morgan fingerprint density at radius 3 is 2.50 bits per heavy atom. The lowest BCUT2D eigenvalue weighted by atomic mass is 10.0. The van der Waals surface area contributed by atoms with Crippen LogP contribution in [0.1, 0.15) is 38.3 Å². The number of hydrogen-bond acceptors (Lipinski definition) is 6. The normalized spacial score (nSPS) is 16.4. The molecule has 1 N–H and O–H groups in total. The van der Waals surface area contributed by atoms with Gasteiger partial charge in [-0.05, 0) is 49.4 Å². The molecule has 0 aliphatic carbocycles. The zero-order chi connectivity index (χ0) is 18.1. The third kappa shape index (κ3) is 3.03. The largest absolute Gasteiger partial charge is 0.448 e. The minimum Gasteiger partial charge on any atom is -0.448 e. The Bertz CT molecular complexity index is 942. The van der Waals surface area contributed by atoms with Gasteiger partial charge >= 0.3 is 0 Å². The van der Waals surface area contributed by atoms with Gasteiger partial charge in [-0.2, -0.15) is 4.99 Å². The maximum atomic E-state index is 6.17. The number of anilines is 1. The lowest BCUT2D eigenvalue weighted by Gasteiger charge is -2.28. The first-order chi connectivity index (χ1) is 12.5. The van der Waals surface area contributed by atoms with Crippen molar-refractivity contribution in [3.8, 4) is 0 Å². The molecule has 1 aliphatic heterocycles. The second-order valence-corrected chi connectivity index (χ2v) is 7.08. The first kappa shape index (κ1) is 16.3. The molecule has 2 heterocycles. The number of hydrogen-bond donors (Lipinski definition) is 1. The van der Waals surface area contributed by atoms with Crippen molar-refractivity contribution in [2.24, 2.45) is 4.99 Å². The summed E-state index contributed by atoms with van der Waals surface area (Å²) in [5, 5.41) is 15.5. The lowest BCUT2D eigenvalue weighted by molar-refractivity contribution is 0.196. The molecule has 0 fully saturated rings. The molecule has 1 aliphatic rings. The molecule has 26 heavy (non-hydrogen) atoms. The van der Waals surface area contributed by atoms with Gasteiger partial charge in [0.25, 0.3) is 6.02 Å². The molecular formula is C19H20N6O. The highest BCUT2D eigenvalue weighted by Crippen LogP contribution is 2.37. The maximum Gasteiger partial charge on any atom is 0.295 e. The second-order valence-electron chi connectivity index (χ2n) is 7.08. The van der Waals surface area contributed by atoms with E-state index in [1.54, 1.807) is 4.68 Å². The van der Waals surface area contributed by atoms with E-state index in [2.05, 4.69) is 46.6 Å². The van der Waals surface area contributed by atoms with E-state index in [0.717, 1.165) is 16.9 Å². The van der Waals surface area contributed by atoms with Crippen LogP contribution in [0.25, 0.3) is 0 Å². The van der Waals surface area contributed by atoms with Crippen molar-refractivity contribution in [3.63, 3.8) is 0 Å². The van der Waals surface area contributed by atoms with Crippen LogP contribution in [-0.4, -0.2) is 26.2 Å². The van der Waals surface area contributed by atoms with Gasteiger partial charge in [0.2, 0.25) is 0 Å². The van der Waals surface area contributed by atoms with Crippen molar-refractivity contribution < 1.29 is 4.74 Å². The Hall–Kier alpha value is -3.22. The summed E-state index contributed by atoms with van der Waals surface area (Å²) < 4.78 is 7.96. The van der Waals surface area contributed by atoms with E-state index in [1.165, 1.54) is 0 Å². The van der Waals surface area contributed by atoms with Gasteiger partial charge in [-0.25, -0.2) is 4.68 Å². The molecule has 1 atom stereocenters. The SMILES string of the molecule is CC(C)(C)n1nnnc1C1OC(Nc2ccccc2)=Nc2ccccc21. The molecule has 1 aromatic heterocycles. The summed E-state index contributed by atoms with van der Waals surface area (Å²) in [5.74, 6) is 0.646. The van der Waals surface area contributed by atoms with E-state index < -0.39 is 6.10 Å². The van der Waals surface area contributed by atoms with E-state index in [1.807, 2.05) is 54.6 Å².